The Hall–Kier alpha value is -2.66. The zero-order valence-electron chi connectivity index (χ0n) is 14.4. The highest BCUT2D eigenvalue weighted by molar-refractivity contribution is 6.15. The molecule has 2 aliphatic heterocycles. The van der Waals surface area contributed by atoms with Crippen molar-refractivity contribution in [1.82, 2.24) is 4.90 Å². The lowest BCUT2D eigenvalue weighted by molar-refractivity contribution is 0.101. The fourth-order valence-corrected chi connectivity index (χ4v) is 3.54. The van der Waals surface area contributed by atoms with Crippen molar-refractivity contribution in [3.63, 3.8) is 0 Å². The number of hydrogen-bond donors (Lipinski definition) is 1. The number of hydrogen-bond acceptors (Lipinski definition) is 4. The number of piperidine rings is 1. The molecule has 5 heteroatoms. The standard InChI is InChI=1S/C21H20FNO3/c22-15-6-4-5-14(11-15)12-19-20(25)16-7-8-18(24)17(21(16)26-19)13-23-9-2-1-3-10-23/h4-8,11-12,24H,1-3,9-10,13H2/b19-12+. The summed E-state index contributed by atoms with van der Waals surface area (Å²) < 4.78 is 19.2. The number of fused-ring (bicyclic) bond motifs is 1. The summed E-state index contributed by atoms with van der Waals surface area (Å²) in [6.45, 7) is 2.50. The van der Waals surface area contributed by atoms with Crippen molar-refractivity contribution in [2.75, 3.05) is 13.1 Å². The van der Waals surface area contributed by atoms with E-state index in [0.717, 1.165) is 25.9 Å². The number of halogens is 1. The number of ether oxygens (including phenoxy) is 1. The second-order valence-corrected chi connectivity index (χ2v) is 6.77. The summed E-state index contributed by atoms with van der Waals surface area (Å²) in [6.07, 6.45) is 5.04. The van der Waals surface area contributed by atoms with Gasteiger partial charge in [-0.1, -0.05) is 18.6 Å². The summed E-state index contributed by atoms with van der Waals surface area (Å²) in [7, 11) is 0. The van der Waals surface area contributed by atoms with Gasteiger partial charge in [-0.05, 0) is 61.8 Å². The average Bonchev–Trinajstić information content (AvgIpc) is 2.95. The van der Waals surface area contributed by atoms with Crippen LogP contribution in [0.25, 0.3) is 6.08 Å². The Kier molecular flexibility index (Phi) is 4.47. The molecule has 0 unspecified atom stereocenters. The Morgan fingerprint density at radius 2 is 1.96 bits per heavy atom. The minimum atomic E-state index is -0.370. The first-order valence-corrected chi connectivity index (χ1v) is 8.89. The summed E-state index contributed by atoms with van der Waals surface area (Å²) in [5.74, 6) is 0.0864. The molecule has 4 nitrogen and oxygen atoms in total. The molecule has 0 atom stereocenters. The van der Waals surface area contributed by atoms with Crippen LogP contribution in [0.1, 0.15) is 40.7 Å². The molecule has 2 heterocycles. The van der Waals surface area contributed by atoms with Crippen molar-refractivity contribution in [3.05, 3.63) is 64.7 Å². The summed E-state index contributed by atoms with van der Waals surface area (Å²) in [4.78, 5) is 14.9. The first kappa shape index (κ1) is 16.8. The van der Waals surface area contributed by atoms with Crippen molar-refractivity contribution in [3.8, 4) is 11.5 Å². The Morgan fingerprint density at radius 1 is 1.15 bits per heavy atom. The SMILES string of the molecule is O=C1/C(=C\c2cccc(F)c2)Oc2c1ccc(O)c2CN1CCCCC1. The average molecular weight is 353 g/mol. The highest BCUT2D eigenvalue weighted by Crippen LogP contribution is 2.40. The normalized spacial score (nSPS) is 18.8. The molecule has 0 aliphatic carbocycles. The van der Waals surface area contributed by atoms with Crippen LogP contribution in [0, 0.1) is 5.82 Å². The van der Waals surface area contributed by atoms with E-state index in [1.165, 1.54) is 24.6 Å². The van der Waals surface area contributed by atoms with Crippen LogP contribution >= 0.6 is 0 Å². The molecule has 26 heavy (non-hydrogen) atoms. The van der Waals surface area contributed by atoms with Gasteiger partial charge in [0.25, 0.3) is 0 Å². The van der Waals surface area contributed by atoms with E-state index in [0.29, 0.717) is 29.0 Å². The second-order valence-electron chi connectivity index (χ2n) is 6.77. The van der Waals surface area contributed by atoms with Crippen molar-refractivity contribution in [2.24, 2.45) is 0 Å². The third-order valence-corrected chi connectivity index (χ3v) is 4.89. The van der Waals surface area contributed by atoms with Gasteiger partial charge in [0.1, 0.15) is 17.3 Å². The van der Waals surface area contributed by atoms with Gasteiger partial charge in [-0.3, -0.25) is 9.69 Å². The van der Waals surface area contributed by atoms with Gasteiger partial charge >= 0.3 is 0 Å². The number of rotatable bonds is 3. The van der Waals surface area contributed by atoms with E-state index in [1.807, 2.05) is 0 Å². The monoisotopic (exact) mass is 353 g/mol. The number of likely N-dealkylation sites (tertiary alicyclic amines) is 1. The zero-order chi connectivity index (χ0) is 18.1. The molecule has 0 amide bonds. The number of phenolic OH excluding ortho intramolecular Hbond substituents is 1. The van der Waals surface area contributed by atoms with Crippen LogP contribution in [-0.2, 0) is 6.54 Å². The molecule has 134 valence electrons. The van der Waals surface area contributed by atoms with Crippen LogP contribution in [0.2, 0.25) is 0 Å². The molecular formula is C21H20FNO3. The molecule has 2 aliphatic rings. The van der Waals surface area contributed by atoms with Gasteiger partial charge in [0, 0.05) is 6.54 Å². The Balaban J connectivity index is 1.66. The summed E-state index contributed by atoms with van der Waals surface area (Å²) in [5, 5.41) is 10.3. The molecule has 2 aromatic rings. The first-order chi connectivity index (χ1) is 12.6. The number of aromatic hydroxyl groups is 1. The van der Waals surface area contributed by atoms with Crippen molar-refractivity contribution in [1.29, 1.82) is 0 Å². The quantitative estimate of drug-likeness (QED) is 0.843. The summed E-state index contributed by atoms with van der Waals surface area (Å²) in [5.41, 5.74) is 1.64. The van der Waals surface area contributed by atoms with Crippen molar-refractivity contribution >= 4 is 11.9 Å². The topological polar surface area (TPSA) is 49.8 Å². The fraction of sp³-hybridized carbons (Fsp3) is 0.286. The molecule has 0 aromatic heterocycles. The van der Waals surface area contributed by atoms with Crippen LogP contribution in [-0.4, -0.2) is 28.9 Å². The molecule has 1 fully saturated rings. The van der Waals surface area contributed by atoms with Gasteiger partial charge in [0.2, 0.25) is 5.78 Å². The second kappa shape index (κ2) is 6.92. The van der Waals surface area contributed by atoms with Crippen LogP contribution in [0.4, 0.5) is 4.39 Å². The number of carbonyl (C=O) groups is 1. The minimum absolute atomic E-state index is 0.133. The van der Waals surface area contributed by atoms with Crippen molar-refractivity contribution < 1.29 is 19.0 Å². The lowest BCUT2D eigenvalue weighted by atomic mass is 10.0. The molecule has 2 aromatic carbocycles. The van der Waals surface area contributed by atoms with Gasteiger partial charge in [-0.15, -0.1) is 0 Å². The zero-order valence-corrected chi connectivity index (χ0v) is 14.4. The smallest absolute Gasteiger partial charge is 0.231 e. The van der Waals surface area contributed by atoms with E-state index in [9.17, 15) is 14.3 Å². The number of carbonyl (C=O) groups excluding carboxylic acids is 1. The predicted octanol–water partition coefficient (Wildman–Crippen LogP) is 4.13. The lowest BCUT2D eigenvalue weighted by Crippen LogP contribution is -2.29. The molecule has 0 saturated carbocycles. The summed E-state index contributed by atoms with van der Waals surface area (Å²) in [6, 6.07) is 9.12. The summed E-state index contributed by atoms with van der Waals surface area (Å²) >= 11 is 0. The molecule has 0 radical (unpaired) electrons. The van der Waals surface area contributed by atoms with Gasteiger partial charge in [0.05, 0.1) is 11.1 Å². The maximum Gasteiger partial charge on any atom is 0.231 e. The molecule has 0 spiro atoms. The van der Waals surface area contributed by atoms with Gasteiger partial charge in [-0.25, -0.2) is 4.39 Å². The van der Waals surface area contributed by atoms with Crippen molar-refractivity contribution in [2.45, 2.75) is 25.8 Å². The molecular weight excluding hydrogens is 333 g/mol. The fourth-order valence-electron chi connectivity index (χ4n) is 3.54. The van der Waals surface area contributed by atoms with Gasteiger partial charge < -0.3 is 9.84 Å². The van der Waals surface area contributed by atoms with E-state index < -0.39 is 0 Å². The third kappa shape index (κ3) is 3.22. The van der Waals surface area contributed by atoms with E-state index >= 15 is 0 Å². The van der Waals surface area contributed by atoms with Crippen LogP contribution < -0.4 is 4.74 Å². The first-order valence-electron chi connectivity index (χ1n) is 8.89. The number of ketones is 1. The van der Waals surface area contributed by atoms with Crippen LogP contribution in [0.5, 0.6) is 11.5 Å². The third-order valence-electron chi connectivity index (χ3n) is 4.89. The molecule has 4 rings (SSSR count). The highest BCUT2D eigenvalue weighted by atomic mass is 19.1. The molecule has 1 saturated heterocycles. The Morgan fingerprint density at radius 3 is 2.73 bits per heavy atom. The highest BCUT2D eigenvalue weighted by Gasteiger charge is 2.31. The lowest BCUT2D eigenvalue weighted by Gasteiger charge is -2.27. The Bertz CT molecular complexity index is 885. The van der Waals surface area contributed by atoms with E-state index in [-0.39, 0.29) is 23.1 Å². The van der Waals surface area contributed by atoms with Gasteiger partial charge in [0.15, 0.2) is 5.76 Å². The van der Waals surface area contributed by atoms with Crippen LogP contribution in [0.15, 0.2) is 42.2 Å². The van der Waals surface area contributed by atoms with Crippen LogP contribution in [0.3, 0.4) is 0 Å². The van der Waals surface area contributed by atoms with E-state index in [1.54, 1.807) is 24.3 Å². The van der Waals surface area contributed by atoms with E-state index in [2.05, 4.69) is 4.90 Å². The number of Topliss-reactive ketones (excluding diaryl/α,β-unsaturated/α-hetero) is 1. The number of allylic oxidation sites excluding steroid dienone is 1. The van der Waals surface area contributed by atoms with E-state index in [4.69, 9.17) is 4.74 Å². The number of nitrogens with zero attached hydrogens (tertiary/aromatic N) is 1. The minimum Gasteiger partial charge on any atom is -0.507 e. The molecule has 1 N–H and O–H groups in total. The number of benzene rings is 2. The largest absolute Gasteiger partial charge is 0.507 e. The van der Waals surface area contributed by atoms with Gasteiger partial charge in [-0.2, -0.15) is 0 Å². The maximum atomic E-state index is 13.4. The predicted molar refractivity (Wildman–Crippen MR) is 96.6 cm³/mol. The molecule has 0 bridgehead atoms. The Labute approximate surface area is 151 Å². The number of phenols is 1. The maximum absolute atomic E-state index is 13.4.